The lowest BCUT2D eigenvalue weighted by atomic mass is 10.2. The van der Waals surface area contributed by atoms with Crippen LogP contribution in [0.4, 0.5) is 9.18 Å². The van der Waals surface area contributed by atoms with Gasteiger partial charge >= 0.3 is 6.09 Å². The third kappa shape index (κ3) is 4.79. The maximum absolute atomic E-state index is 13.8. The Labute approximate surface area is 145 Å². The fraction of sp³-hybridized carbons (Fsp3) is 0.389. The van der Waals surface area contributed by atoms with Gasteiger partial charge in [0.05, 0.1) is 0 Å². The lowest BCUT2D eigenvalue weighted by Gasteiger charge is -2.23. The number of nitrogens with one attached hydrogen (secondary N) is 1. The normalized spacial score (nSPS) is 20.9. The highest BCUT2D eigenvalue weighted by molar-refractivity contribution is 7.09. The summed E-state index contributed by atoms with van der Waals surface area (Å²) in [5, 5.41) is 4.78. The number of hydrogen-bond acceptors (Lipinski definition) is 4. The Morgan fingerprint density at radius 2 is 2.12 bits per heavy atom. The molecule has 1 aliphatic rings. The van der Waals surface area contributed by atoms with Crippen LogP contribution in [0.1, 0.15) is 16.9 Å². The quantitative estimate of drug-likeness (QED) is 0.867. The summed E-state index contributed by atoms with van der Waals surface area (Å²) in [4.78, 5) is 15.1. The molecular weight excluding hydrogens is 327 g/mol. The second-order valence-electron chi connectivity index (χ2n) is 5.94. The van der Waals surface area contributed by atoms with Gasteiger partial charge in [-0.1, -0.05) is 36.4 Å². The Morgan fingerprint density at radius 3 is 2.88 bits per heavy atom. The number of halogens is 1. The minimum atomic E-state index is -0.836. The van der Waals surface area contributed by atoms with Crippen LogP contribution in [0.25, 0.3) is 0 Å². The van der Waals surface area contributed by atoms with Crippen molar-refractivity contribution in [2.75, 3.05) is 13.1 Å². The summed E-state index contributed by atoms with van der Waals surface area (Å²) in [5.41, 5.74) is 0.941. The maximum Gasteiger partial charge on any atom is 0.407 e. The SMILES string of the molecule is O=C(NC[C@@H]1C[C@H](F)CN1Cc1cccs1)OCc1ccccc1. The van der Waals surface area contributed by atoms with E-state index in [1.807, 2.05) is 41.8 Å². The van der Waals surface area contributed by atoms with Gasteiger partial charge in [0.1, 0.15) is 12.8 Å². The van der Waals surface area contributed by atoms with Crippen molar-refractivity contribution in [2.24, 2.45) is 0 Å². The molecule has 3 rings (SSSR count). The number of alkyl carbamates (subject to hydrolysis) is 1. The van der Waals surface area contributed by atoms with Gasteiger partial charge in [0.2, 0.25) is 0 Å². The van der Waals surface area contributed by atoms with E-state index >= 15 is 0 Å². The average Bonchev–Trinajstić information content (AvgIpc) is 3.22. The molecule has 1 fully saturated rings. The molecule has 2 heterocycles. The van der Waals surface area contributed by atoms with Gasteiger partial charge in [-0.05, 0) is 23.4 Å². The highest BCUT2D eigenvalue weighted by Crippen LogP contribution is 2.23. The van der Waals surface area contributed by atoms with E-state index in [9.17, 15) is 9.18 Å². The highest BCUT2D eigenvalue weighted by Gasteiger charge is 2.32. The molecule has 0 bridgehead atoms. The molecule has 0 aliphatic carbocycles. The molecule has 0 saturated carbocycles. The van der Waals surface area contributed by atoms with Gasteiger partial charge in [0.15, 0.2) is 0 Å². The first-order valence-electron chi connectivity index (χ1n) is 8.06. The molecule has 1 aromatic heterocycles. The summed E-state index contributed by atoms with van der Waals surface area (Å²) in [5.74, 6) is 0. The first kappa shape index (κ1) is 16.9. The van der Waals surface area contributed by atoms with Crippen molar-refractivity contribution < 1.29 is 13.9 Å². The topological polar surface area (TPSA) is 41.6 Å². The smallest absolute Gasteiger partial charge is 0.407 e. The summed E-state index contributed by atoms with van der Waals surface area (Å²) in [6.45, 7) is 1.79. The fourth-order valence-corrected chi connectivity index (χ4v) is 3.64. The van der Waals surface area contributed by atoms with Gasteiger partial charge in [-0.25, -0.2) is 9.18 Å². The molecule has 1 saturated heterocycles. The predicted octanol–water partition coefficient (Wildman–Crippen LogP) is 3.59. The number of amides is 1. The number of carbonyl (C=O) groups is 1. The molecule has 0 spiro atoms. The summed E-state index contributed by atoms with van der Waals surface area (Å²) in [6, 6.07) is 13.6. The minimum absolute atomic E-state index is 0.00590. The molecular formula is C18H21FN2O2S. The number of alkyl halides is 1. The monoisotopic (exact) mass is 348 g/mol. The van der Waals surface area contributed by atoms with Gasteiger partial charge in [-0.15, -0.1) is 11.3 Å². The van der Waals surface area contributed by atoms with Crippen LogP contribution in [0, 0.1) is 0 Å². The minimum Gasteiger partial charge on any atom is -0.445 e. The van der Waals surface area contributed by atoms with Crippen LogP contribution in [0.15, 0.2) is 47.8 Å². The molecule has 1 N–H and O–H groups in total. The van der Waals surface area contributed by atoms with Crippen LogP contribution in [0.2, 0.25) is 0 Å². The fourth-order valence-electron chi connectivity index (χ4n) is 2.91. The van der Waals surface area contributed by atoms with Crippen LogP contribution in [0.5, 0.6) is 0 Å². The Balaban J connectivity index is 1.44. The molecule has 0 unspecified atom stereocenters. The number of carbonyl (C=O) groups excluding carboxylic acids is 1. The number of ether oxygens (including phenoxy) is 1. The van der Waals surface area contributed by atoms with Gasteiger partial charge in [-0.2, -0.15) is 0 Å². The Kier molecular flexibility index (Phi) is 5.82. The Morgan fingerprint density at radius 1 is 1.29 bits per heavy atom. The first-order valence-corrected chi connectivity index (χ1v) is 8.93. The molecule has 24 heavy (non-hydrogen) atoms. The zero-order valence-electron chi connectivity index (χ0n) is 13.4. The standard InChI is InChI=1S/C18H21FN2O2S/c19-15-9-16(21(11-15)12-17-7-4-8-24-17)10-20-18(22)23-13-14-5-2-1-3-6-14/h1-8,15-16H,9-13H2,(H,20,22)/t15-,16-/m0/s1. The number of likely N-dealkylation sites (tertiary alicyclic amines) is 1. The van der Waals surface area contributed by atoms with Crippen LogP contribution in [-0.2, 0) is 17.9 Å². The van der Waals surface area contributed by atoms with Gasteiger partial charge in [0.25, 0.3) is 0 Å². The van der Waals surface area contributed by atoms with Crippen molar-refractivity contribution in [3.8, 4) is 0 Å². The molecule has 4 nitrogen and oxygen atoms in total. The van der Waals surface area contributed by atoms with E-state index in [1.165, 1.54) is 4.88 Å². The molecule has 128 valence electrons. The van der Waals surface area contributed by atoms with Crippen LogP contribution >= 0.6 is 11.3 Å². The average molecular weight is 348 g/mol. The van der Waals surface area contributed by atoms with Crippen molar-refractivity contribution in [1.82, 2.24) is 10.2 Å². The van der Waals surface area contributed by atoms with Crippen LogP contribution in [-0.4, -0.2) is 36.3 Å². The van der Waals surface area contributed by atoms with Crippen molar-refractivity contribution in [1.29, 1.82) is 0 Å². The second-order valence-corrected chi connectivity index (χ2v) is 6.97. The largest absolute Gasteiger partial charge is 0.445 e. The molecule has 1 aromatic carbocycles. The number of thiophene rings is 1. The van der Waals surface area contributed by atoms with E-state index < -0.39 is 12.3 Å². The highest BCUT2D eigenvalue weighted by atomic mass is 32.1. The zero-order valence-corrected chi connectivity index (χ0v) is 14.2. The van der Waals surface area contributed by atoms with Crippen molar-refractivity contribution in [3.05, 3.63) is 58.3 Å². The van der Waals surface area contributed by atoms with E-state index in [2.05, 4.69) is 16.3 Å². The second kappa shape index (κ2) is 8.26. The molecule has 1 amide bonds. The lowest BCUT2D eigenvalue weighted by Crippen LogP contribution is -2.39. The summed E-state index contributed by atoms with van der Waals surface area (Å²) < 4.78 is 19.0. The molecule has 6 heteroatoms. The number of hydrogen-bond donors (Lipinski definition) is 1. The summed E-state index contributed by atoms with van der Waals surface area (Å²) >= 11 is 1.67. The molecule has 1 aliphatic heterocycles. The third-order valence-corrected chi connectivity index (χ3v) is 4.97. The molecule has 2 atom stereocenters. The van der Waals surface area contributed by atoms with E-state index in [0.29, 0.717) is 19.5 Å². The van der Waals surface area contributed by atoms with Crippen molar-refractivity contribution in [3.63, 3.8) is 0 Å². The number of nitrogens with zero attached hydrogens (tertiary/aromatic N) is 1. The van der Waals surface area contributed by atoms with E-state index in [-0.39, 0.29) is 12.6 Å². The number of rotatable bonds is 6. The van der Waals surface area contributed by atoms with Gasteiger partial charge in [0, 0.05) is 30.6 Å². The maximum atomic E-state index is 13.8. The van der Waals surface area contributed by atoms with E-state index in [0.717, 1.165) is 12.1 Å². The van der Waals surface area contributed by atoms with Gasteiger partial charge in [-0.3, -0.25) is 4.90 Å². The van der Waals surface area contributed by atoms with Crippen LogP contribution < -0.4 is 5.32 Å². The molecule has 0 radical (unpaired) electrons. The predicted molar refractivity (Wildman–Crippen MR) is 92.7 cm³/mol. The third-order valence-electron chi connectivity index (χ3n) is 4.11. The Bertz CT molecular complexity index is 636. The van der Waals surface area contributed by atoms with Crippen molar-refractivity contribution in [2.45, 2.75) is 31.8 Å². The van der Waals surface area contributed by atoms with E-state index in [4.69, 9.17) is 4.74 Å². The summed E-state index contributed by atoms with van der Waals surface area (Å²) in [7, 11) is 0. The first-order chi connectivity index (χ1) is 11.7. The Hall–Kier alpha value is -1.92. The lowest BCUT2D eigenvalue weighted by molar-refractivity contribution is 0.135. The van der Waals surface area contributed by atoms with Crippen LogP contribution in [0.3, 0.4) is 0 Å². The molecule has 2 aromatic rings. The number of benzene rings is 1. The van der Waals surface area contributed by atoms with Crippen molar-refractivity contribution >= 4 is 17.4 Å². The zero-order chi connectivity index (χ0) is 16.8. The van der Waals surface area contributed by atoms with E-state index in [1.54, 1.807) is 11.3 Å². The van der Waals surface area contributed by atoms with Gasteiger partial charge < -0.3 is 10.1 Å². The summed E-state index contributed by atoms with van der Waals surface area (Å²) in [6.07, 6.45) is -0.848.